The SMILES string of the molecule is CC(C)C(=O)c1ccc(CNc2nc(NCC3CCCCC3)nc(NC3CC4CCC3C4)n2)cc1. The first-order valence-electron chi connectivity index (χ1n) is 13.7. The number of hydrogen-bond acceptors (Lipinski definition) is 7. The molecule has 0 amide bonds. The highest BCUT2D eigenvalue weighted by molar-refractivity contribution is 5.97. The van der Waals surface area contributed by atoms with Crippen LogP contribution in [0.15, 0.2) is 24.3 Å². The quantitative estimate of drug-likeness (QED) is 0.367. The first-order valence-corrected chi connectivity index (χ1v) is 13.7. The van der Waals surface area contributed by atoms with E-state index in [2.05, 4.69) is 20.9 Å². The fourth-order valence-corrected chi connectivity index (χ4v) is 6.11. The summed E-state index contributed by atoms with van der Waals surface area (Å²) in [5, 5.41) is 10.5. The van der Waals surface area contributed by atoms with E-state index in [-0.39, 0.29) is 11.7 Å². The van der Waals surface area contributed by atoms with Gasteiger partial charge in [-0.3, -0.25) is 4.79 Å². The molecule has 2 bridgehead atoms. The Labute approximate surface area is 209 Å². The minimum atomic E-state index is 0.00438. The Hall–Kier alpha value is -2.70. The molecule has 7 nitrogen and oxygen atoms in total. The van der Waals surface area contributed by atoms with Crippen molar-refractivity contribution in [2.45, 2.75) is 84.2 Å². The van der Waals surface area contributed by atoms with E-state index in [4.69, 9.17) is 9.97 Å². The number of carbonyl (C=O) groups is 1. The summed E-state index contributed by atoms with van der Waals surface area (Å²) >= 11 is 0. The van der Waals surface area contributed by atoms with Gasteiger partial charge in [-0.25, -0.2) is 0 Å². The molecule has 3 aliphatic carbocycles. The van der Waals surface area contributed by atoms with E-state index in [0.717, 1.165) is 29.5 Å². The number of ketones is 1. The van der Waals surface area contributed by atoms with Crippen LogP contribution in [0.4, 0.5) is 17.8 Å². The van der Waals surface area contributed by atoms with E-state index in [9.17, 15) is 4.79 Å². The van der Waals surface area contributed by atoms with Gasteiger partial charge in [-0.1, -0.05) is 63.8 Å². The number of hydrogen-bond donors (Lipinski definition) is 3. The molecule has 1 aromatic carbocycles. The topological polar surface area (TPSA) is 91.8 Å². The molecule has 1 heterocycles. The third kappa shape index (κ3) is 6.11. The average Bonchev–Trinajstić information content (AvgIpc) is 3.50. The molecule has 3 aliphatic rings. The summed E-state index contributed by atoms with van der Waals surface area (Å²) in [6, 6.07) is 8.29. The van der Waals surface area contributed by atoms with Gasteiger partial charge in [0.1, 0.15) is 0 Å². The van der Waals surface area contributed by atoms with Crippen molar-refractivity contribution in [2.24, 2.45) is 23.7 Å². The molecule has 3 unspecified atom stereocenters. The molecule has 188 valence electrons. The van der Waals surface area contributed by atoms with Crippen molar-refractivity contribution in [1.82, 2.24) is 15.0 Å². The predicted octanol–water partition coefficient (Wildman–Crippen LogP) is 5.92. The van der Waals surface area contributed by atoms with E-state index in [0.29, 0.717) is 36.3 Å². The maximum absolute atomic E-state index is 12.2. The van der Waals surface area contributed by atoms with Crippen molar-refractivity contribution in [1.29, 1.82) is 0 Å². The summed E-state index contributed by atoms with van der Waals surface area (Å²) in [5.41, 5.74) is 1.85. The lowest BCUT2D eigenvalue weighted by Crippen LogP contribution is -2.27. The van der Waals surface area contributed by atoms with Crippen LogP contribution in [0.25, 0.3) is 0 Å². The van der Waals surface area contributed by atoms with Gasteiger partial charge in [0, 0.05) is 30.6 Å². The molecule has 3 fully saturated rings. The standard InChI is InChI=1S/C28H40N6O/c1-18(2)25(35)22-11-8-20(9-12-22)17-30-27-32-26(29-16-19-6-4-3-5-7-19)33-28(34-27)31-24-15-21-10-13-23(24)14-21/h8-9,11-12,18-19,21,23-24H,3-7,10,13-17H2,1-2H3,(H3,29,30,31,32,33,34). The second kappa shape index (κ2) is 10.9. The third-order valence-corrected chi connectivity index (χ3v) is 8.18. The number of fused-ring (bicyclic) bond motifs is 2. The summed E-state index contributed by atoms with van der Waals surface area (Å²) in [6.45, 7) is 5.37. The molecule has 0 spiro atoms. The summed E-state index contributed by atoms with van der Waals surface area (Å²) in [7, 11) is 0. The molecule has 3 saturated carbocycles. The average molecular weight is 477 g/mol. The van der Waals surface area contributed by atoms with Gasteiger partial charge in [-0.2, -0.15) is 15.0 Å². The Morgan fingerprint density at radius 2 is 1.60 bits per heavy atom. The van der Waals surface area contributed by atoms with Crippen LogP contribution in [0.3, 0.4) is 0 Å². The second-order valence-electron chi connectivity index (χ2n) is 11.2. The Balaban J connectivity index is 1.26. The zero-order chi connectivity index (χ0) is 24.2. The number of aromatic nitrogens is 3. The fraction of sp³-hybridized carbons (Fsp3) is 0.643. The highest BCUT2D eigenvalue weighted by Gasteiger charge is 2.39. The molecule has 35 heavy (non-hydrogen) atoms. The number of rotatable bonds is 10. The van der Waals surface area contributed by atoms with Crippen molar-refractivity contribution < 1.29 is 4.79 Å². The number of nitrogens with one attached hydrogen (secondary N) is 3. The Morgan fingerprint density at radius 1 is 0.886 bits per heavy atom. The zero-order valence-corrected chi connectivity index (χ0v) is 21.2. The lowest BCUT2D eigenvalue weighted by molar-refractivity contribution is 0.0939. The zero-order valence-electron chi connectivity index (χ0n) is 21.2. The minimum absolute atomic E-state index is 0.00438. The number of anilines is 3. The van der Waals surface area contributed by atoms with Crippen molar-refractivity contribution in [2.75, 3.05) is 22.5 Å². The van der Waals surface area contributed by atoms with Crippen LogP contribution < -0.4 is 16.0 Å². The van der Waals surface area contributed by atoms with Crippen molar-refractivity contribution in [3.8, 4) is 0 Å². The monoisotopic (exact) mass is 476 g/mol. The minimum Gasteiger partial charge on any atom is -0.354 e. The number of benzene rings is 1. The maximum Gasteiger partial charge on any atom is 0.229 e. The van der Waals surface area contributed by atoms with Gasteiger partial charge < -0.3 is 16.0 Å². The summed E-state index contributed by atoms with van der Waals surface area (Å²) < 4.78 is 0. The van der Waals surface area contributed by atoms with E-state index in [1.165, 1.54) is 57.8 Å². The molecule has 0 aliphatic heterocycles. The van der Waals surface area contributed by atoms with Crippen LogP contribution in [0.5, 0.6) is 0 Å². The maximum atomic E-state index is 12.2. The molecule has 0 saturated heterocycles. The smallest absolute Gasteiger partial charge is 0.229 e. The third-order valence-electron chi connectivity index (χ3n) is 8.18. The van der Waals surface area contributed by atoms with Gasteiger partial charge >= 0.3 is 0 Å². The molecule has 2 aromatic rings. The van der Waals surface area contributed by atoms with Crippen molar-refractivity contribution >= 4 is 23.6 Å². The van der Waals surface area contributed by atoms with Gasteiger partial charge in [0.15, 0.2) is 5.78 Å². The van der Waals surface area contributed by atoms with Crippen LogP contribution in [-0.2, 0) is 6.54 Å². The first-order chi connectivity index (χ1) is 17.0. The Bertz CT molecular complexity index is 1000. The molecule has 7 heteroatoms. The number of nitrogens with zero attached hydrogens (tertiary/aromatic N) is 3. The highest BCUT2D eigenvalue weighted by Crippen LogP contribution is 2.45. The number of Topliss-reactive ketones (excluding diaryl/α,β-unsaturated/α-hetero) is 1. The van der Waals surface area contributed by atoms with Gasteiger partial charge in [-0.15, -0.1) is 0 Å². The van der Waals surface area contributed by atoms with Crippen molar-refractivity contribution in [3.63, 3.8) is 0 Å². The molecule has 3 atom stereocenters. The molecule has 3 N–H and O–H groups in total. The van der Waals surface area contributed by atoms with Gasteiger partial charge in [0.2, 0.25) is 17.8 Å². The summed E-state index contributed by atoms with van der Waals surface area (Å²) in [5.74, 6) is 4.40. The van der Waals surface area contributed by atoms with Gasteiger partial charge in [0.05, 0.1) is 0 Å². The van der Waals surface area contributed by atoms with Gasteiger partial charge in [-0.05, 0) is 55.4 Å². The fourth-order valence-electron chi connectivity index (χ4n) is 6.11. The van der Waals surface area contributed by atoms with E-state index in [1.54, 1.807) is 0 Å². The summed E-state index contributed by atoms with van der Waals surface area (Å²) in [6.07, 6.45) is 11.9. The first kappa shape index (κ1) is 24.0. The number of carbonyl (C=O) groups excluding carboxylic acids is 1. The largest absolute Gasteiger partial charge is 0.354 e. The van der Waals surface area contributed by atoms with Crippen LogP contribution in [0.1, 0.15) is 87.6 Å². The molecular weight excluding hydrogens is 436 g/mol. The summed E-state index contributed by atoms with van der Waals surface area (Å²) in [4.78, 5) is 26.4. The molecule has 1 aromatic heterocycles. The highest BCUT2D eigenvalue weighted by atomic mass is 16.1. The normalized spacial score (nSPS) is 24.0. The van der Waals surface area contributed by atoms with Crippen LogP contribution in [0, 0.1) is 23.7 Å². The van der Waals surface area contributed by atoms with Gasteiger partial charge in [0.25, 0.3) is 0 Å². The lowest BCUT2D eigenvalue weighted by Gasteiger charge is -2.24. The molecular formula is C28H40N6O. The second-order valence-corrected chi connectivity index (χ2v) is 11.2. The van der Waals surface area contributed by atoms with E-state index < -0.39 is 0 Å². The molecule has 0 radical (unpaired) electrons. The predicted molar refractivity (Wildman–Crippen MR) is 141 cm³/mol. The van der Waals surface area contributed by atoms with E-state index in [1.807, 2.05) is 38.1 Å². The van der Waals surface area contributed by atoms with E-state index >= 15 is 0 Å². The van der Waals surface area contributed by atoms with Crippen molar-refractivity contribution in [3.05, 3.63) is 35.4 Å². The Morgan fingerprint density at radius 3 is 2.26 bits per heavy atom. The van der Waals surface area contributed by atoms with Crippen LogP contribution in [-0.4, -0.2) is 33.3 Å². The lowest BCUT2D eigenvalue weighted by atomic mass is 9.89. The van der Waals surface area contributed by atoms with Crippen LogP contribution >= 0.6 is 0 Å². The Kier molecular flexibility index (Phi) is 7.49. The molecule has 5 rings (SSSR count). The van der Waals surface area contributed by atoms with Crippen LogP contribution in [0.2, 0.25) is 0 Å².